The highest BCUT2D eigenvalue weighted by Crippen LogP contribution is 2.17. The van der Waals surface area contributed by atoms with Crippen LogP contribution in [-0.2, 0) is 6.42 Å². The van der Waals surface area contributed by atoms with Crippen LogP contribution in [0.1, 0.15) is 43.7 Å². The van der Waals surface area contributed by atoms with Gasteiger partial charge in [-0.3, -0.25) is 0 Å². The van der Waals surface area contributed by atoms with E-state index < -0.39 is 6.03 Å². The van der Waals surface area contributed by atoms with E-state index in [9.17, 15) is 4.79 Å². The molecule has 0 radical (unpaired) electrons. The topological polar surface area (TPSA) is 58.4 Å². The number of aryl methyl sites for hydroxylation is 2. The molecule has 1 saturated heterocycles. The van der Waals surface area contributed by atoms with E-state index in [0.29, 0.717) is 0 Å². The average Bonchev–Trinajstić information content (AvgIpc) is 2.90. The Kier molecular flexibility index (Phi) is 7.83. The highest BCUT2D eigenvalue weighted by molar-refractivity contribution is 5.87. The first-order valence-electron chi connectivity index (χ1n) is 7.87. The number of hydrogen-bond acceptors (Lipinski definition) is 2. The molecule has 0 atom stereocenters. The van der Waals surface area contributed by atoms with Crippen LogP contribution in [0.25, 0.3) is 0 Å². The molecule has 2 rings (SSSR count). The lowest BCUT2D eigenvalue weighted by Crippen LogP contribution is -2.19. The number of likely N-dealkylation sites (tertiary alicyclic amines) is 1. The molecular formula is C17H29N3O. The van der Waals surface area contributed by atoms with Crippen molar-refractivity contribution >= 4 is 11.7 Å². The zero-order chi connectivity index (χ0) is 15.7. The van der Waals surface area contributed by atoms with E-state index in [0.717, 1.165) is 12.1 Å². The van der Waals surface area contributed by atoms with E-state index >= 15 is 0 Å². The van der Waals surface area contributed by atoms with Gasteiger partial charge < -0.3 is 16.0 Å². The average molecular weight is 291 g/mol. The molecule has 2 amide bonds. The Balaban J connectivity index is 0.000000304. The molecule has 4 heteroatoms. The first-order valence-corrected chi connectivity index (χ1v) is 7.87. The molecule has 0 aromatic heterocycles. The molecule has 1 aromatic carbocycles. The van der Waals surface area contributed by atoms with Crippen molar-refractivity contribution in [3.63, 3.8) is 0 Å². The summed E-state index contributed by atoms with van der Waals surface area (Å²) in [6.07, 6.45) is 6.22. The fourth-order valence-electron chi connectivity index (χ4n) is 2.40. The van der Waals surface area contributed by atoms with Crippen molar-refractivity contribution in [3.05, 3.63) is 29.3 Å². The Labute approximate surface area is 128 Å². The van der Waals surface area contributed by atoms with E-state index in [2.05, 4.69) is 31.1 Å². The molecule has 118 valence electrons. The van der Waals surface area contributed by atoms with Crippen LogP contribution < -0.4 is 11.1 Å². The van der Waals surface area contributed by atoms with Gasteiger partial charge in [0.15, 0.2) is 0 Å². The Hall–Kier alpha value is -1.55. The van der Waals surface area contributed by atoms with Gasteiger partial charge in [-0.05, 0) is 76.0 Å². The van der Waals surface area contributed by atoms with Crippen LogP contribution >= 0.6 is 0 Å². The minimum absolute atomic E-state index is 0.514. The second-order valence-electron chi connectivity index (χ2n) is 5.74. The third-order valence-corrected chi connectivity index (χ3v) is 3.75. The zero-order valence-electron chi connectivity index (χ0n) is 13.6. The number of hydrogen-bond donors (Lipinski definition) is 2. The summed E-state index contributed by atoms with van der Waals surface area (Å²) in [6.45, 7) is 6.89. The highest BCUT2D eigenvalue weighted by Gasteiger charge is 2.03. The number of nitrogens with one attached hydrogen (secondary N) is 1. The number of nitrogens with zero attached hydrogens (tertiary/aromatic N) is 1. The SMILES string of the molecule is CCCCc1cc(NC(N)=O)ccc1C.CN1CCCC1. The molecule has 1 fully saturated rings. The van der Waals surface area contributed by atoms with Crippen molar-refractivity contribution in [3.8, 4) is 0 Å². The first kappa shape index (κ1) is 17.5. The van der Waals surface area contributed by atoms with Crippen LogP contribution in [-0.4, -0.2) is 31.1 Å². The summed E-state index contributed by atoms with van der Waals surface area (Å²) in [5, 5.41) is 2.59. The molecule has 21 heavy (non-hydrogen) atoms. The van der Waals surface area contributed by atoms with E-state index in [1.165, 1.54) is 49.9 Å². The van der Waals surface area contributed by atoms with Crippen molar-refractivity contribution < 1.29 is 4.79 Å². The predicted molar refractivity (Wildman–Crippen MR) is 89.7 cm³/mol. The highest BCUT2D eigenvalue weighted by atomic mass is 16.2. The quantitative estimate of drug-likeness (QED) is 0.891. The summed E-state index contributed by atoms with van der Waals surface area (Å²) in [5.41, 5.74) is 8.38. The molecule has 3 N–H and O–H groups in total. The molecule has 0 bridgehead atoms. The lowest BCUT2D eigenvalue weighted by Gasteiger charge is -2.08. The van der Waals surface area contributed by atoms with Gasteiger partial charge >= 0.3 is 6.03 Å². The van der Waals surface area contributed by atoms with Crippen LogP contribution in [0.2, 0.25) is 0 Å². The molecule has 1 aliphatic rings. The van der Waals surface area contributed by atoms with Crippen LogP contribution in [0, 0.1) is 6.92 Å². The molecule has 0 unspecified atom stereocenters. The molecule has 1 aromatic rings. The molecule has 1 heterocycles. The van der Waals surface area contributed by atoms with Gasteiger partial charge in [-0.15, -0.1) is 0 Å². The van der Waals surface area contributed by atoms with Gasteiger partial charge in [-0.25, -0.2) is 4.79 Å². The molecule has 1 aliphatic heterocycles. The van der Waals surface area contributed by atoms with Crippen LogP contribution in [0.4, 0.5) is 10.5 Å². The Morgan fingerprint density at radius 1 is 1.33 bits per heavy atom. The summed E-state index contributed by atoms with van der Waals surface area (Å²) in [5.74, 6) is 0. The molecule has 4 nitrogen and oxygen atoms in total. The molecule has 0 spiro atoms. The van der Waals surface area contributed by atoms with Crippen LogP contribution in [0.3, 0.4) is 0 Å². The lowest BCUT2D eigenvalue weighted by molar-refractivity contribution is 0.259. The number of carbonyl (C=O) groups is 1. The van der Waals surface area contributed by atoms with Crippen molar-refractivity contribution in [2.45, 2.75) is 46.0 Å². The first-order chi connectivity index (χ1) is 10.0. The second kappa shape index (κ2) is 9.40. The summed E-state index contributed by atoms with van der Waals surface area (Å²) in [7, 11) is 2.17. The number of rotatable bonds is 4. The number of primary amides is 1. The Morgan fingerprint density at radius 2 is 2.00 bits per heavy atom. The third kappa shape index (κ3) is 7.14. The lowest BCUT2D eigenvalue weighted by atomic mass is 10.0. The van der Waals surface area contributed by atoms with E-state index in [-0.39, 0.29) is 0 Å². The van der Waals surface area contributed by atoms with Crippen LogP contribution in [0.15, 0.2) is 18.2 Å². The number of amides is 2. The number of benzene rings is 1. The number of unbranched alkanes of at least 4 members (excludes halogenated alkanes) is 1. The summed E-state index contributed by atoms with van der Waals surface area (Å²) >= 11 is 0. The summed E-state index contributed by atoms with van der Waals surface area (Å²) in [4.78, 5) is 13.1. The van der Waals surface area contributed by atoms with Gasteiger partial charge in [0.05, 0.1) is 0 Å². The maximum atomic E-state index is 10.7. The van der Waals surface area contributed by atoms with Crippen molar-refractivity contribution in [1.29, 1.82) is 0 Å². The minimum Gasteiger partial charge on any atom is -0.351 e. The van der Waals surface area contributed by atoms with E-state index in [4.69, 9.17) is 5.73 Å². The van der Waals surface area contributed by atoms with Crippen molar-refractivity contribution in [1.82, 2.24) is 4.90 Å². The minimum atomic E-state index is -0.514. The van der Waals surface area contributed by atoms with Crippen molar-refractivity contribution in [2.24, 2.45) is 5.73 Å². The third-order valence-electron chi connectivity index (χ3n) is 3.75. The second-order valence-corrected chi connectivity index (χ2v) is 5.74. The zero-order valence-corrected chi connectivity index (χ0v) is 13.6. The maximum Gasteiger partial charge on any atom is 0.316 e. The van der Waals surface area contributed by atoms with Gasteiger partial charge in [0.1, 0.15) is 0 Å². The van der Waals surface area contributed by atoms with Gasteiger partial charge in [0.2, 0.25) is 0 Å². The summed E-state index contributed by atoms with van der Waals surface area (Å²) in [6, 6.07) is 5.36. The normalized spacial score (nSPS) is 14.4. The van der Waals surface area contributed by atoms with Crippen molar-refractivity contribution in [2.75, 3.05) is 25.5 Å². The number of carbonyl (C=O) groups excluding carboxylic acids is 1. The van der Waals surface area contributed by atoms with Crippen LogP contribution in [0.5, 0.6) is 0 Å². The number of anilines is 1. The fourth-order valence-corrected chi connectivity index (χ4v) is 2.40. The monoisotopic (exact) mass is 291 g/mol. The molecular weight excluding hydrogens is 262 g/mol. The molecule has 0 saturated carbocycles. The summed E-state index contributed by atoms with van der Waals surface area (Å²) < 4.78 is 0. The Bertz CT molecular complexity index is 440. The Morgan fingerprint density at radius 3 is 2.48 bits per heavy atom. The molecule has 0 aliphatic carbocycles. The predicted octanol–water partition coefficient (Wildman–Crippen LogP) is 3.54. The number of nitrogens with two attached hydrogens (primary N) is 1. The standard InChI is InChI=1S/C12H18N2O.C5H11N/c1-3-4-5-10-8-11(14-12(13)15)7-6-9(10)2;1-6-4-2-3-5-6/h6-8H,3-5H2,1-2H3,(H3,13,14,15);2-5H2,1H3. The van der Waals surface area contributed by atoms with Gasteiger partial charge in [-0.2, -0.15) is 0 Å². The van der Waals surface area contributed by atoms with Gasteiger partial charge in [0.25, 0.3) is 0 Å². The fraction of sp³-hybridized carbons (Fsp3) is 0.588. The van der Waals surface area contributed by atoms with E-state index in [1.54, 1.807) is 0 Å². The largest absolute Gasteiger partial charge is 0.351 e. The smallest absolute Gasteiger partial charge is 0.316 e. The number of urea groups is 1. The van der Waals surface area contributed by atoms with Gasteiger partial charge in [0, 0.05) is 5.69 Å². The van der Waals surface area contributed by atoms with E-state index in [1.807, 2.05) is 18.2 Å². The van der Waals surface area contributed by atoms with Gasteiger partial charge in [-0.1, -0.05) is 19.4 Å². The maximum absolute atomic E-state index is 10.7.